The molecule has 0 aliphatic carbocycles. The smallest absolute Gasteiger partial charge is 0.236 e. The van der Waals surface area contributed by atoms with Gasteiger partial charge in [0.05, 0.1) is 12.6 Å². The van der Waals surface area contributed by atoms with Gasteiger partial charge in [0, 0.05) is 20.1 Å². The minimum Gasteiger partial charge on any atom is -0.368 e. The van der Waals surface area contributed by atoms with Gasteiger partial charge >= 0.3 is 0 Å². The third kappa shape index (κ3) is 2.45. The number of carbonyl (C=O) groups excluding carboxylic acids is 2. The van der Waals surface area contributed by atoms with Crippen LogP contribution in [0.25, 0.3) is 0 Å². The van der Waals surface area contributed by atoms with Crippen molar-refractivity contribution in [3.05, 3.63) is 0 Å². The lowest BCUT2D eigenvalue weighted by Crippen LogP contribution is -2.45. The summed E-state index contributed by atoms with van der Waals surface area (Å²) in [6, 6.07) is -0.356. The highest BCUT2D eigenvalue weighted by molar-refractivity contribution is 5.82. The monoisotopic (exact) mass is 199 g/mol. The molecule has 0 radical (unpaired) electrons. The van der Waals surface area contributed by atoms with Gasteiger partial charge < -0.3 is 10.6 Å². The Kier molecular flexibility index (Phi) is 3.46. The summed E-state index contributed by atoms with van der Waals surface area (Å²) in [5.41, 5.74) is 5.19. The average Bonchev–Trinajstić information content (AvgIpc) is 2.28. The van der Waals surface area contributed by atoms with E-state index in [1.807, 2.05) is 4.90 Å². The quantitative estimate of drug-likeness (QED) is 0.622. The molecule has 5 heteroatoms. The third-order valence-corrected chi connectivity index (χ3v) is 2.66. The molecule has 5 nitrogen and oxygen atoms in total. The molecule has 14 heavy (non-hydrogen) atoms. The summed E-state index contributed by atoms with van der Waals surface area (Å²) in [5, 5.41) is 0. The summed E-state index contributed by atoms with van der Waals surface area (Å²) in [6.45, 7) is 3.53. The van der Waals surface area contributed by atoms with Crippen LogP contribution in [0.4, 0.5) is 0 Å². The summed E-state index contributed by atoms with van der Waals surface area (Å²) < 4.78 is 0. The molecule has 0 spiro atoms. The van der Waals surface area contributed by atoms with Gasteiger partial charge in [-0.3, -0.25) is 14.5 Å². The van der Waals surface area contributed by atoms with Crippen LogP contribution in [0.3, 0.4) is 0 Å². The molecule has 1 aliphatic heterocycles. The largest absolute Gasteiger partial charge is 0.368 e. The van der Waals surface area contributed by atoms with Gasteiger partial charge in [-0.05, 0) is 13.3 Å². The number of amides is 2. The molecule has 0 saturated carbocycles. The van der Waals surface area contributed by atoms with Gasteiger partial charge in [-0.25, -0.2) is 0 Å². The summed E-state index contributed by atoms with van der Waals surface area (Å²) in [5.74, 6) is -0.321. The van der Waals surface area contributed by atoms with Gasteiger partial charge in [0.25, 0.3) is 0 Å². The van der Waals surface area contributed by atoms with Gasteiger partial charge in [0.2, 0.25) is 11.8 Å². The second kappa shape index (κ2) is 4.41. The van der Waals surface area contributed by atoms with Crippen LogP contribution < -0.4 is 5.73 Å². The highest BCUT2D eigenvalue weighted by atomic mass is 16.2. The van der Waals surface area contributed by atoms with E-state index in [0.717, 1.165) is 19.5 Å². The first kappa shape index (κ1) is 11.0. The maximum atomic E-state index is 11.5. The molecular formula is C9H17N3O2. The number of nitrogens with zero attached hydrogens (tertiary/aromatic N) is 2. The first-order valence-electron chi connectivity index (χ1n) is 4.79. The van der Waals surface area contributed by atoms with Crippen molar-refractivity contribution in [2.24, 2.45) is 5.73 Å². The van der Waals surface area contributed by atoms with Crippen LogP contribution in [0.5, 0.6) is 0 Å². The molecule has 1 unspecified atom stereocenters. The molecule has 1 aliphatic rings. The van der Waals surface area contributed by atoms with Crippen molar-refractivity contribution in [3.8, 4) is 0 Å². The number of nitrogens with two attached hydrogens (primary N) is 1. The Morgan fingerprint density at radius 2 is 2.14 bits per heavy atom. The number of likely N-dealkylation sites (N-methyl/N-ethyl adjacent to an activating group) is 1. The SMILES string of the molecule is CC(C(N)=O)N1CCCN(C)C(=O)C1. The number of hydrogen-bond donors (Lipinski definition) is 1. The molecule has 0 aromatic carbocycles. The van der Waals surface area contributed by atoms with Crippen molar-refractivity contribution >= 4 is 11.8 Å². The van der Waals surface area contributed by atoms with Crippen molar-refractivity contribution in [1.29, 1.82) is 0 Å². The number of rotatable bonds is 2. The molecular weight excluding hydrogens is 182 g/mol. The normalized spacial score (nSPS) is 21.9. The highest BCUT2D eigenvalue weighted by Crippen LogP contribution is 2.06. The molecule has 80 valence electrons. The Bertz CT molecular complexity index is 242. The summed E-state index contributed by atoms with van der Waals surface area (Å²) in [6.07, 6.45) is 0.889. The first-order chi connectivity index (χ1) is 6.52. The van der Waals surface area contributed by atoms with Crippen molar-refractivity contribution in [1.82, 2.24) is 9.80 Å². The average molecular weight is 199 g/mol. The van der Waals surface area contributed by atoms with Crippen molar-refractivity contribution in [2.75, 3.05) is 26.7 Å². The molecule has 1 heterocycles. The number of hydrogen-bond acceptors (Lipinski definition) is 3. The van der Waals surface area contributed by atoms with E-state index >= 15 is 0 Å². The van der Waals surface area contributed by atoms with E-state index in [4.69, 9.17) is 5.73 Å². The Hall–Kier alpha value is -1.10. The van der Waals surface area contributed by atoms with Crippen LogP contribution >= 0.6 is 0 Å². The van der Waals surface area contributed by atoms with Crippen molar-refractivity contribution in [2.45, 2.75) is 19.4 Å². The second-order valence-electron chi connectivity index (χ2n) is 3.72. The number of primary amides is 1. The predicted octanol–water partition coefficient (Wildman–Crippen LogP) is -0.976. The van der Waals surface area contributed by atoms with Crippen LogP contribution in [0.15, 0.2) is 0 Å². The zero-order valence-corrected chi connectivity index (χ0v) is 8.69. The lowest BCUT2D eigenvalue weighted by atomic mass is 10.2. The van der Waals surface area contributed by atoms with Gasteiger partial charge in [-0.15, -0.1) is 0 Å². The maximum absolute atomic E-state index is 11.5. The Balaban J connectivity index is 2.63. The van der Waals surface area contributed by atoms with E-state index in [9.17, 15) is 9.59 Å². The van der Waals surface area contributed by atoms with E-state index in [1.54, 1.807) is 18.9 Å². The summed E-state index contributed by atoms with van der Waals surface area (Å²) in [4.78, 5) is 26.0. The summed E-state index contributed by atoms with van der Waals surface area (Å²) in [7, 11) is 1.78. The molecule has 1 rings (SSSR count). The van der Waals surface area contributed by atoms with E-state index in [-0.39, 0.29) is 17.9 Å². The van der Waals surface area contributed by atoms with E-state index in [2.05, 4.69) is 0 Å². The molecule has 0 aromatic heterocycles. The molecule has 0 aromatic rings. The lowest BCUT2D eigenvalue weighted by molar-refractivity contribution is -0.131. The lowest BCUT2D eigenvalue weighted by Gasteiger charge is -2.23. The van der Waals surface area contributed by atoms with Gasteiger partial charge in [-0.1, -0.05) is 0 Å². The van der Waals surface area contributed by atoms with Gasteiger partial charge in [0.15, 0.2) is 0 Å². The zero-order chi connectivity index (χ0) is 10.7. The summed E-state index contributed by atoms with van der Waals surface area (Å²) >= 11 is 0. The standard InChI is InChI=1S/C9H17N3O2/c1-7(9(10)14)12-5-3-4-11(2)8(13)6-12/h7H,3-6H2,1-2H3,(H2,10,14). The highest BCUT2D eigenvalue weighted by Gasteiger charge is 2.25. The minimum atomic E-state index is -0.373. The fourth-order valence-electron chi connectivity index (χ4n) is 1.52. The van der Waals surface area contributed by atoms with Crippen molar-refractivity contribution < 1.29 is 9.59 Å². The van der Waals surface area contributed by atoms with Crippen LogP contribution in [-0.4, -0.2) is 54.3 Å². The third-order valence-electron chi connectivity index (χ3n) is 2.66. The Labute approximate surface area is 83.8 Å². The van der Waals surface area contributed by atoms with Crippen molar-refractivity contribution in [3.63, 3.8) is 0 Å². The van der Waals surface area contributed by atoms with E-state index < -0.39 is 0 Å². The van der Waals surface area contributed by atoms with Gasteiger partial charge in [-0.2, -0.15) is 0 Å². The van der Waals surface area contributed by atoms with E-state index in [0.29, 0.717) is 6.54 Å². The molecule has 1 saturated heterocycles. The van der Waals surface area contributed by atoms with Gasteiger partial charge in [0.1, 0.15) is 0 Å². The van der Waals surface area contributed by atoms with E-state index in [1.165, 1.54) is 0 Å². The Morgan fingerprint density at radius 1 is 1.50 bits per heavy atom. The molecule has 2 N–H and O–H groups in total. The minimum absolute atomic E-state index is 0.0515. The van der Waals surface area contributed by atoms with Crippen LogP contribution in [0, 0.1) is 0 Å². The molecule has 0 bridgehead atoms. The topological polar surface area (TPSA) is 66.6 Å². The first-order valence-corrected chi connectivity index (χ1v) is 4.79. The van der Waals surface area contributed by atoms with Crippen LogP contribution in [0.2, 0.25) is 0 Å². The fraction of sp³-hybridized carbons (Fsp3) is 0.778. The Morgan fingerprint density at radius 3 is 2.71 bits per heavy atom. The molecule has 1 atom stereocenters. The predicted molar refractivity (Wildman–Crippen MR) is 52.5 cm³/mol. The maximum Gasteiger partial charge on any atom is 0.236 e. The zero-order valence-electron chi connectivity index (χ0n) is 8.69. The fourth-order valence-corrected chi connectivity index (χ4v) is 1.52. The second-order valence-corrected chi connectivity index (χ2v) is 3.72. The van der Waals surface area contributed by atoms with Crippen LogP contribution in [-0.2, 0) is 9.59 Å². The number of carbonyl (C=O) groups is 2. The molecule has 2 amide bonds. The van der Waals surface area contributed by atoms with Crippen LogP contribution in [0.1, 0.15) is 13.3 Å². The molecule has 1 fully saturated rings.